The summed E-state index contributed by atoms with van der Waals surface area (Å²) >= 11 is 0. The lowest BCUT2D eigenvalue weighted by Gasteiger charge is -2.22. The molecule has 0 amide bonds. The number of aromatic nitrogens is 5. The topological polar surface area (TPSA) is 56.5 Å². The van der Waals surface area contributed by atoms with E-state index in [1.54, 1.807) is 0 Å². The summed E-state index contributed by atoms with van der Waals surface area (Å²) in [6.45, 7) is 4.65. The van der Waals surface area contributed by atoms with Crippen molar-refractivity contribution in [2.24, 2.45) is 0 Å². The molecule has 3 aromatic heterocycles. The van der Waals surface area contributed by atoms with E-state index in [4.69, 9.17) is 19.9 Å². The van der Waals surface area contributed by atoms with E-state index in [2.05, 4.69) is 182 Å². The fourth-order valence-corrected chi connectivity index (χ4v) is 8.92. The summed E-state index contributed by atoms with van der Waals surface area (Å²) in [4.78, 5) is 20.8. The van der Waals surface area contributed by atoms with Crippen LogP contribution in [0.2, 0.25) is 0 Å². The average Bonchev–Trinajstić information content (AvgIpc) is 3.75. The number of para-hydroxylation sites is 1. The number of fused-ring (bicyclic) bond motifs is 6. The van der Waals surface area contributed by atoms with E-state index in [0.29, 0.717) is 17.5 Å². The fraction of sp³-hybridized carbons (Fsp3) is 0.0566. The average molecular weight is 744 g/mol. The molecule has 0 aliphatic heterocycles. The van der Waals surface area contributed by atoms with Gasteiger partial charge in [0, 0.05) is 44.8 Å². The van der Waals surface area contributed by atoms with Crippen molar-refractivity contribution in [3.63, 3.8) is 0 Å². The molecule has 0 spiro atoms. The maximum Gasteiger partial charge on any atom is 0.164 e. The van der Waals surface area contributed by atoms with Crippen LogP contribution in [0.3, 0.4) is 0 Å². The van der Waals surface area contributed by atoms with Crippen LogP contribution in [-0.2, 0) is 5.41 Å². The largest absolute Gasteiger partial charge is 0.294 e. The molecule has 5 nitrogen and oxygen atoms in total. The van der Waals surface area contributed by atoms with Gasteiger partial charge in [0.05, 0.1) is 5.52 Å². The van der Waals surface area contributed by atoms with Gasteiger partial charge in [-0.25, -0.2) is 19.9 Å². The molecule has 0 N–H and O–H groups in total. The maximum atomic E-state index is 5.36. The molecule has 0 saturated carbocycles. The first-order valence-corrected chi connectivity index (χ1v) is 19.7. The molecule has 0 atom stereocenters. The highest BCUT2D eigenvalue weighted by atomic mass is 15.0. The zero-order valence-electron chi connectivity index (χ0n) is 32.1. The van der Waals surface area contributed by atoms with E-state index < -0.39 is 0 Å². The first-order valence-electron chi connectivity index (χ1n) is 19.7. The summed E-state index contributed by atoms with van der Waals surface area (Å²) in [5.74, 6) is 1.91. The molecule has 0 saturated heterocycles. The Morgan fingerprint density at radius 1 is 0.414 bits per heavy atom. The van der Waals surface area contributed by atoms with Gasteiger partial charge in [-0.1, -0.05) is 159 Å². The Morgan fingerprint density at radius 3 is 1.86 bits per heavy atom. The lowest BCUT2D eigenvalue weighted by molar-refractivity contribution is 0.660. The summed E-state index contributed by atoms with van der Waals surface area (Å²) in [6, 6.07) is 64.0. The third-order valence-corrected chi connectivity index (χ3v) is 11.7. The maximum absolute atomic E-state index is 5.36. The van der Waals surface area contributed by atoms with Gasteiger partial charge in [-0.3, -0.25) is 4.57 Å². The number of hydrogen-bond donors (Lipinski definition) is 0. The molecule has 11 rings (SSSR count). The first kappa shape index (κ1) is 33.8. The zero-order chi connectivity index (χ0) is 38.8. The molecule has 0 unspecified atom stereocenters. The molecule has 274 valence electrons. The van der Waals surface area contributed by atoms with Crippen molar-refractivity contribution in [2.45, 2.75) is 19.3 Å². The molecule has 10 aromatic rings. The Kier molecular flexibility index (Phi) is 7.76. The van der Waals surface area contributed by atoms with Crippen LogP contribution in [0, 0.1) is 0 Å². The molecule has 5 heteroatoms. The summed E-state index contributed by atoms with van der Waals surface area (Å²) in [7, 11) is 0. The van der Waals surface area contributed by atoms with Crippen LogP contribution in [0.15, 0.2) is 188 Å². The second-order valence-electron chi connectivity index (χ2n) is 15.5. The molecule has 3 heterocycles. The number of benzene rings is 7. The highest BCUT2D eigenvalue weighted by molar-refractivity contribution is 6.08. The molecule has 0 fully saturated rings. The van der Waals surface area contributed by atoms with Crippen molar-refractivity contribution >= 4 is 21.9 Å². The summed E-state index contributed by atoms with van der Waals surface area (Å²) in [5.41, 5.74) is 15.0. The third kappa shape index (κ3) is 5.39. The van der Waals surface area contributed by atoms with Crippen molar-refractivity contribution in [3.05, 3.63) is 199 Å². The molecule has 1 aliphatic carbocycles. The van der Waals surface area contributed by atoms with Gasteiger partial charge in [0.1, 0.15) is 5.65 Å². The Labute approximate surface area is 337 Å². The van der Waals surface area contributed by atoms with E-state index >= 15 is 0 Å². The third-order valence-electron chi connectivity index (χ3n) is 11.7. The van der Waals surface area contributed by atoms with Gasteiger partial charge in [0.15, 0.2) is 17.5 Å². The molecule has 0 bridgehead atoms. The molecular weight excluding hydrogens is 707 g/mol. The standard InChI is InChI=1S/C53H37N5/c1-53(2)45-27-14-25-44(48(45)43-30-29-38(33-46(43)53)58-47-28-12-11-23-40(47)42-26-15-31-54-52(42)58)51-56-49(37-21-13-20-36(32-37)34-16-5-3-6-17-34)55-50(57-51)41-24-10-9-22-39(41)35-18-7-4-8-19-35/h3-33H,1-2H3. The molecule has 0 radical (unpaired) electrons. The number of nitrogens with zero attached hydrogens (tertiary/aromatic N) is 5. The minimum atomic E-state index is -0.286. The molecular formula is C53H37N5. The quantitative estimate of drug-likeness (QED) is 0.170. The van der Waals surface area contributed by atoms with Gasteiger partial charge in [-0.2, -0.15) is 0 Å². The van der Waals surface area contributed by atoms with E-state index in [1.807, 2.05) is 24.4 Å². The SMILES string of the molecule is CC1(C)c2cc(-n3c4ccccc4c4cccnc43)ccc2-c2c(-c3nc(-c4cccc(-c5ccccc5)c4)nc(-c4ccccc4-c4ccccc4)n3)cccc21. The summed E-state index contributed by atoms with van der Waals surface area (Å²) < 4.78 is 2.29. The van der Waals surface area contributed by atoms with Crippen molar-refractivity contribution in [2.75, 3.05) is 0 Å². The summed E-state index contributed by atoms with van der Waals surface area (Å²) in [5, 5.41) is 2.34. The zero-order valence-corrected chi connectivity index (χ0v) is 32.1. The second-order valence-corrected chi connectivity index (χ2v) is 15.5. The van der Waals surface area contributed by atoms with Gasteiger partial charge in [0.25, 0.3) is 0 Å². The lowest BCUT2D eigenvalue weighted by Crippen LogP contribution is -2.15. The van der Waals surface area contributed by atoms with Gasteiger partial charge >= 0.3 is 0 Å². The number of hydrogen-bond acceptors (Lipinski definition) is 4. The van der Waals surface area contributed by atoms with Gasteiger partial charge in [0.2, 0.25) is 0 Å². The van der Waals surface area contributed by atoms with Crippen molar-refractivity contribution in [3.8, 4) is 73.2 Å². The van der Waals surface area contributed by atoms with Crippen molar-refractivity contribution < 1.29 is 0 Å². The van der Waals surface area contributed by atoms with E-state index in [1.165, 1.54) is 22.1 Å². The van der Waals surface area contributed by atoms with E-state index in [9.17, 15) is 0 Å². The van der Waals surface area contributed by atoms with Crippen LogP contribution in [0.4, 0.5) is 0 Å². The van der Waals surface area contributed by atoms with Gasteiger partial charge in [-0.05, 0) is 80.9 Å². The Bertz CT molecular complexity index is 3150. The van der Waals surface area contributed by atoms with E-state index in [0.717, 1.165) is 66.7 Å². The monoisotopic (exact) mass is 743 g/mol. The van der Waals surface area contributed by atoms with Gasteiger partial charge in [-0.15, -0.1) is 0 Å². The Hall–Kier alpha value is -7.50. The number of pyridine rings is 1. The first-order chi connectivity index (χ1) is 28.5. The lowest BCUT2D eigenvalue weighted by atomic mass is 9.82. The van der Waals surface area contributed by atoms with Crippen LogP contribution in [-0.4, -0.2) is 24.5 Å². The second kappa shape index (κ2) is 13.3. The van der Waals surface area contributed by atoms with Crippen LogP contribution < -0.4 is 0 Å². The molecule has 7 aromatic carbocycles. The molecule has 58 heavy (non-hydrogen) atoms. The molecule has 1 aliphatic rings. The Balaban J connectivity index is 1.12. The van der Waals surface area contributed by atoms with Crippen LogP contribution in [0.25, 0.3) is 95.2 Å². The fourth-order valence-electron chi connectivity index (χ4n) is 8.92. The van der Waals surface area contributed by atoms with Crippen molar-refractivity contribution in [1.82, 2.24) is 24.5 Å². The van der Waals surface area contributed by atoms with Crippen LogP contribution >= 0.6 is 0 Å². The predicted molar refractivity (Wildman–Crippen MR) is 237 cm³/mol. The Morgan fingerprint density at radius 2 is 1.03 bits per heavy atom. The number of rotatable bonds is 6. The highest BCUT2D eigenvalue weighted by Crippen LogP contribution is 2.52. The predicted octanol–water partition coefficient (Wildman–Crippen LogP) is 13.0. The normalized spacial score (nSPS) is 12.8. The van der Waals surface area contributed by atoms with E-state index in [-0.39, 0.29) is 5.41 Å². The minimum Gasteiger partial charge on any atom is -0.294 e. The van der Waals surface area contributed by atoms with Gasteiger partial charge < -0.3 is 0 Å². The minimum absolute atomic E-state index is 0.286. The smallest absolute Gasteiger partial charge is 0.164 e. The van der Waals surface area contributed by atoms with Crippen molar-refractivity contribution in [1.29, 1.82) is 0 Å². The van der Waals surface area contributed by atoms with Crippen LogP contribution in [0.5, 0.6) is 0 Å². The van der Waals surface area contributed by atoms with Crippen LogP contribution in [0.1, 0.15) is 25.0 Å². The summed E-state index contributed by atoms with van der Waals surface area (Å²) in [6.07, 6.45) is 1.88. The highest BCUT2D eigenvalue weighted by Gasteiger charge is 2.38.